The maximum Gasteiger partial charge on any atom is 0.494 e. The number of halogens is 1. The van der Waals surface area contributed by atoms with Gasteiger partial charge in [-0.1, -0.05) is 26.0 Å². The molecule has 2 bridgehead atoms. The summed E-state index contributed by atoms with van der Waals surface area (Å²) in [5, 5.41) is 2.77. The zero-order valence-corrected chi connectivity index (χ0v) is 22.9. The zero-order valence-electron chi connectivity index (χ0n) is 22.9. The number of carbonyl (C=O) groups excluding carboxylic acids is 3. The molecule has 3 aliphatic rings. The van der Waals surface area contributed by atoms with Crippen LogP contribution in [0.15, 0.2) is 18.2 Å². The molecule has 9 nitrogen and oxygen atoms in total. The van der Waals surface area contributed by atoms with Crippen LogP contribution in [0.3, 0.4) is 0 Å². The van der Waals surface area contributed by atoms with Gasteiger partial charge in [-0.15, -0.1) is 0 Å². The first-order valence-electron chi connectivity index (χ1n) is 13.3. The molecule has 38 heavy (non-hydrogen) atoms. The summed E-state index contributed by atoms with van der Waals surface area (Å²) in [5.41, 5.74) is 4.36. The molecule has 2 aliphatic heterocycles. The standard InChI is InChI=1S/C27H39BFN3O6/c1-25(2,3)38-24(35)32-20-9-7-17(10-20)22(32)23(34)31-27(13-30,14-33)12-18-6-8-19(11-21(18)29)28-36-15-26(4,5)16-37-28/h6,8,11,14,17,20,22H,7,9-10,12-13,15-16,30H2,1-5H3,(H,31,34)/t17-,20+,22-,27+/m0/s1. The normalized spacial score (nSPS) is 26.1. The number of carbonyl (C=O) groups is 3. The van der Waals surface area contributed by atoms with Crippen molar-refractivity contribution in [2.45, 2.75) is 83.5 Å². The molecule has 2 heterocycles. The molecule has 0 radical (unpaired) electrons. The minimum atomic E-state index is -1.54. The average molecular weight is 531 g/mol. The lowest BCUT2D eigenvalue weighted by Crippen LogP contribution is -2.62. The minimum absolute atomic E-state index is 0.0360. The lowest BCUT2D eigenvalue weighted by Gasteiger charge is -2.37. The van der Waals surface area contributed by atoms with Gasteiger partial charge in [-0.25, -0.2) is 9.18 Å². The summed E-state index contributed by atoms with van der Waals surface area (Å²) in [4.78, 5) is 40.3. The van der Waals surface area contributed by atoms with Crippen molar-refractivity contribution in [1.82, 2.24) is 10.2 Å². The maximum absolute atomic E-state index is 15.2. The summed E-state index contributed by atoms with van der Waals surface area (Å²) in [5.74, 6) is -1.07. The molecule has 2 amide bonds. The van der Waals surface area contributed by atoms with Crippen LogP contribution in [0.1, 0.15) is 59.4 Å². The van der Waals surface area contributed by atoms with Crippen molar-refractivity contribution in [3.05, 3.63) is 29.6 Å². The van der Waals surface area contributed by atoms with Crippen LogP contribution in [0.25, 0.3) is 0 Å². The molecule has 1 aromatic rings. The maximum atomic E-state index is 15.2. The lowest BCUT2D eigenvalue weighted by molar-refractivity contribution is -0.132. The third-order valence-corrected chi connectivity index (χ3v) is 7.53. The number of nitrogens with zero attached hydrogens (tertiary/aromatic N) is 1. The van der Waals surface area contributed by atoms with Crippen LogP contribution in [-0.4, -0.2) is 73.3 Å². The molecular formula is C27H39BFN3O6. The smallest absolute Gasteiger partial charge is 0.444 e. The van der Waals surface area contributed by atoms with Crippen LogP contribution in [0.2, 0.25) is 0 Å². The van der Waals surface area contributed by atoms with Crippen molar-refractivity contribution < 1.29 is 32.8 Å². The molecule has 0 spiro atoms. The molecule has 11 heteroatoms. The van der Waals surface area contributed by atoms with Crippen molar-refractivity contribution in [3.8, 4) is 0 Å². The number of hydrogen-bond acceptors (Lipinski definition) is 7. The Bertz CT molecular complexity index is 1070. The van der Waals surface area contributed by atoms with Crippen LogP contribution >= 0.6 is 0 Å². The third-order valence-electron chi connectivity index (χ3n) is 7.53. The Morgan fingerprint density at radius 2 is 1.95 bits per heavy atom. The van der Waals surface area contributed by atoms with Gasteiger partial charge in [-0.3, -0.25) is 9.69 Å². The Morgan fingerprint density at radius 3 is 2.53 bits per heavy atom. The molecule has 4 rings (SSSR count). The van der Waals surface area contributed by atoms with Gasteiger partial charge in [-0.2, -0.15) is 0 Å². The molecule has 1 aliphatic carbocycles. The minimum Gasteiger partial charge on any atom is -0.444 e. The Labute approximate surface area is 224 Å². The highest BCUT2D eigenvalue weighted by Gasteiger charge is 2.53. The van der Waals surface area contributed by atoms with Crippen molar-refractivity contribution >= 4 is 30.9 Å². The number of ether oxygens (including phenoxy) is 1. The van der Waals surface area contributed by atoms with Gasteiger partial charge >= 0.3 is 13.2 Å². The van der Waals surface area contributed by atoms with E-state index in [9.17, 15) is 14.4 Å². The molecule has 0 aromatic heterocycles. The highest BCUT2D eigenvalue weighted by Crippen LogP contribution is 2.43. The highest BCUT2D eigenvalue weighted by atomic mass is 19.1. The zero-order chi connectivity index (χ0) is 27.9. The molecule has 1 aromatic carbocycles. The van der Waals surface area contributed by atoms with Gasteiger partial charge in [0.2, 0.25) is 5.91 Å². The molecule has 208 valence electrons. The van der Waals surface area contributed by atoms with E-state index in [1.165, 1.54) is 11.0 Å². The topological polar surface area (TPSA) is 120 Å². The lowest BCUT2D eigenvalue weighted by atomic mass is 9.75. The van der Waals surface area contributed by atoms with E-state index in [2.05, 4.69) is 5.32 Å². The van der Waals surface area contributed by atoms with Crippen LogP contribution < -0.4 is 16.5 Å². The SMILES string of the molecule is CC1(C)COB(c2ccc(C[C@](C=O)(CN)NC(=O)[C@@H]3[C@H]4CC[C@H](C4)N3C(=O)OC(C)(C)C)c(F)c2)OC1. The highest BCUT2D eigenvalue weighted by molar-refractivity contribution is 6.61. The Balaban J connectivity index is 1.49. The predicted molar refractivity (Wildman–Crippen MR) is 140 cm³/mol. The average Bonchev–Trinajstić information content (AvgIpc) is 3.46. The second-order valence-corrected chi connectivity index (χ2v) is 12.7. The van der Waals surface area contributed by atoms with Gasteiger partial charge < -0.3 is 29.9 Å². The second kappa shape index (κ2) is 10.6. The number of nitrogens with two attached hydrogens (primary N) is 1. The van der Waals surface area contributed by atoms with E-state index in [-0.39, 0.29) is 35.9 Å². The summed E-state index contributed by atoms with van der Waals surface area (Å²) in [7, 11) is -0.673. The molecular weight excluding hydrogens is 492 g/mol. The number of likely N-dealkylation sites (tertiary alicyclic amines) is 1. The van der Waals surface area contributed by atoms with Crippen molar-refractivity contribution in [3.63, 3.8) is 0 Å². The van der Waals surface area contributed by atoms with E-state index >= 15 is 4.39 Å². The van der Waals surface area contributed by atoms with Gasteiger partial charge in [-0.05, 0) is 63.0 Å². The number of piperidine rings is 1. The van der Waals surface area contributed by atoms with Gasteiger partial charge in [0.25, 0.3) is 0 Å². The molecule has 4 atom stereocenters. The third kappa shape index (κ3) is 6.05. The number of hydrogen-bond donors (Lipinski definition) is 2. The van der Waals surface area contributed by atoms with Crippen LogP contribution in [-0.2, 0) is 30.1 Å². The fourth-order valence-corrected chi connectivity index (χ4v) is 5.59. The monoisotopic (exact) mass is 531 g/mol. The van der Waals surface area contributed by atoms with Gasteiger partial charge in [0.1, 0.15) is 29.3 Å². The fourth-order valence-electron chi connectivity index (χ4n) is 5.59. The summed E-state index contributed by atoms with van der Waals surface area (Å²) >= 11 is 0. The molecule has 2 saturated heterocycles. The first-order chi connectivity index (χ1) is 17.8. The largest absolute Gasteiger partial charge is 0.494 e. The molecule has 1 saturated carbocycles. The Hall–Kier alpha value is -2.50. The summed E-state index contributed by atoms with van der Waals surface area (Å²) in [6, 6.07) is 3.71. The van der Waals surface area contributed by atoms with Crippen LogP contribution in [0.4, 0.5) is 9.18 Å². The van der Waals surface area contributed by atoms with Gasteiger partial charge in [0, 0.05) is 37.6 Å². The van der Waals surface area contributed by atoms with Crippen molar-refractivity contribution in [1.29, 1.82) is 0 Å². The molecule has 3 fully saturated rings. The first-order valence-corrected chi connectivity index (χ1v) is 13.3. The number of nitrogens with one attached hydrogen (secondary N) is 1. The number of amides is 2. The van der Waals surface area contributed by atoms with Gasteiger partial charge in [0.05, 0.1) is 0 Å². The van der Waals surface area contributed by atoms with E-state index in [0.29, 0.717) is 31.4 Å². The Morgan fingerprint density at radius 1 is 1.26 bits per heavy atom. The van der Waals surface area contributed by atoms with E-state index < -0.39 is 42.1 Å². The van der Waals surface area contributed by atoms with E-state index in [1.54, 1.807) is 32.9 Å². The summed E-state index contributed by atoms with van der Waals surface area (Å²) in [6.07, 6.45) is 2.17. The summed E-state index contributed by atoms with van der Waals surface area (Å²) in [6.45, 7) is 10.1. The van der Waals surface area contributed by atoms with E-state index in [1.807, 2.05) is 13.8 Å². The quantitative estimate of drug-likeness (QED) is 0.408. The van der Waals surface area contributed by atoms with Gasteiger partial charge in [0.15, 0.2) is 0 Å². The number of rotatable bonds is 7. The second-order valence-electron chi connectivity index (χ2n) is 12.7. The van der Waals surface area contributed by atoms with Crippen LogP contribution in [0.5, 0.6) is 0 Å². The fraction of sp³-hybridized carbons (Fsp3) is 0.667. The molecule has 0 unspecified atom stereocenters. The van der Waals surface area contributed by atoms with E-state index in [4.69, 9.17) is 19.8 Å². The van der Waals surface area contributed by atoms with Crippen LogP contribution in [0, 0.1) is 17.2 Å². The number of benzene rings is 1. The number of aldehydes is 1. The van der Waals surface area contributed by atoms with E-state index in [0.717, 1.165) is 12.8 Å². The predicted octanol–water partition coefficient (Wildman–Crippen LogP) is 1.94. The van der Waals surface area contributed by atoms with Crippen molar-refractivity contribution in [2.75, 3.05) is 19.8 Å². The Kier molecular flexibility index (Phi) is 7.94. The first kappa shape index (κ1) is 28.5. The van der Waals surface area contributed by atoms with Crippen molar-refractivity contribution in [2.24, 2.45) is 17.1 Å². The summed E-state index contributed by atoms with van der Waals surface area (Å²) < 4.78 is 32.3. The number of fused-ring (bicyclic) bond motifs is 2. The molecule has 3 N–H and O–H groups in total.